The Morgan fingerprint density at radius 3 is 2.67 bits per heavy atom. The van der Waals surface area contributed by atoms with Crippen LogP contribution in [-0.2, 0) is 0 Å². The minimum Gasteiger partial charge on any atom is -0.478 e. The molecule has 0 spiro atoms. The minimum atomic E-state index is -1.03. The van der Waals surface area contributed by atoms with E-state index < -0.39 is 10.9 Å². The monoisotopic (exact) mass is 400 g/mol. The first-order valence-electron chi connectivity index (χ1n) is 9.09. The highest BCUT2D eigenvalue weighted by molar-refractivity contribution is 6.03. The lowest BCUT2D eigenvalue weighted by Gasteiger charge is -2.03. The van der Waals surface area contributed by atoms with Crippen molar-refractivity contribution >= 4 is 34.7 Å². The van der Waals surface area contributed by atoms with Crippen molar-refractivity contribution in [3.63, 3.8) is 0 Å². The fourth-order valence-corrected chi connectivity index (χ4v) is 3.21. The van der Waals surface area contributed by atoms with Crippen molar-refractivity contribution in [1.82, 2.24) is 4.98 Å². The van der Waals surface area contributed by atoms with Crippen LogP contribution in [0.4, 0.5) is 5.69 Å². The largest absolute Gasteiger partial charge is 0.478 e. The molecule has 0 unspecified atom stereocenters. The second kappa shape index (κ2) is 7.63. The maximum absolute atomic E-state index is 11.6. The molecule has 30 heavy (non-hydrogen) atoms. The predicted molar refractivity (Wildman–Crippen MR) is 113 cm³/mol. The standard InChI is InChI=1S/C23H16N2O5/c1-14-6-10-18(21(12-14)25(28)29)22-11-9-16(30-22)8-7-15-13-19(23(26)27)17-4-2-3-5-20(17)24-15/h2-13H,1H3,(H,26,27). The van der Waals surface area contributed by atoms with Gasteiger partial charge in [-0.25, -0.2) is 9.78 Å². The third-order valence-electron chi connectivity index (χ3n) is 4.63. The maximum Gasteiger partial charge on any atom is 0.336 e. The zero-order valence-electron chi connectivity index (χ0n) is 15.9. The summed E-state index contributed by atoms with van der Waals surface area (Å²) in [7, 11) is 0. The Kier molecular flexibility index (Phi) is 4.85. The third kappa shape index (κ3) is 3.68. The first-order valence-corrected chi connectivity index (χ1v) is 9.09. The van der Waals surface area contributed by atoms with E-state index >= 15 is 0 Å². The average molecular weight is 400 g/mol. The maximum atomic E-state index is 11.6. The van der Waals surface area contributed by atoms with Crippen LogP contribution in [0.15, 0.2) is 65.1 Å². The van der Waals surface area contributed by atoms with Gasteiger partial charge in [-0.2, -0.15) is 0 Å². The molecule has 0 aliphatic heterocycles. The second-order valence-electron chi connectivity index (χ2n) is 6.73. The lowest BCUT2D eigenvalue weighted by molar-refractivity contribution is -0.384. The van der Waals surface area contributed by atoms with Gasteiger partial charge in [0.25, 0.3) is 5.69 Å². The molecule has 0 amide bonds. The number of aromatic carboxylic acids is 1. The van der Waals surface area contributed by atoms with Crippen molar-refractivity contribution < 1.29 is 19.2 Å². The molecule has 0 saturated carbocycles. The highest BCUT2D eigenvalue weighted by Crippen LogP contribution is 2.32. The summed E-state index contributed by atoms with van der Waals surface area (Å²) >= 11 is 0. The van der Waals surface area contributed by atoms with E-state index in [0.29, 0.717) is 33.7 Å². The van der Waals surface area contributed by atoms with Crippen LogP contribution in [0.25, 0.3) is 34.4 Å². The number of rotatable bonds is 5. The molecule has 7 heteroatoms. The van der Waals surface area contributed by atoms with Crippen LogP contribution >= 0.6 is 0 Å². The van der Waals surface area contributed by atoms with Crippen LogP contribution in [0.5, 0.6) is 0 Å². The molecule has 1 N–H and O–H groups in total. The van der Waals surface area contributed by atoms with Gasteiger partial charge in [-0.1, -0.05) is 24.3 Å². The van der Waals surface area contributed by atoms with E-state index in [2.05, 4.69) is 4.98 Å². The Balaban J connectivity index is 1.68. The summed E-state index contributed by atoms with van der Waals surface area (Å²) in [6.45, 7) is 1.79. The third-order valence-corrected chi connectivity index (χ3v) is 4.63. The molecule has 148 valence electrons. The number of benzene rings is 2. The Bertz CT molecular complexity index is 1320. The summed E-state index contributed by atoms with van der Waals surface area (Å²) < 4.78 is 5.75. The summed E-state index contributed by atoms with van der Waals surface area (Å²) in [5, 5.41) is 21.4. The van der Waals surface area contributed by atoms with Gasteiger partial charge in [0, 0.05) is 11.5 Å². The lowest BCUT2D eigenvalue weighted by Crippen LogP contribution is -2.00. The molecule has 0 aliphatic rings. The zero-order valence-corrected chi connectivity index (χ0v) is 15.9. The molecule has 4 aromatic rings. The van der Waals surface area contributed by atoms with Crippen LogP contribution in [0.1, 0.15) is 27.4 Å². The van der Waals surface area contributed by atoms with Crippen LogP contribution in [0, 0.1) is 17.0 Å². The molecule has 7 nitrogen and oxygen atoms in total. The highest BCUT2D eigenvalue weighted by Gasteiger charge is 2.18. The topological polar surface area (TPSA) is 106 Å². The lowest BCUT2D eigenvalue weighted by atomic mass is 10.1. The number of aromatic nitrogens is 1. The van der Waals surface area contributed by atoms with Crippen molar-refractivity contribution in [2.24, 2.45) is 0 Å². The number of aryl methyl sites for hydroxylation is 1. The van der Waals surface area contributed by atoms with Gasteiger partial charge in [0.2, 0.25) is 0 Å². The fraction of sp³-hybridized carbons (Fsp3) is 0.0435. The molecule has 2 aromatic heterocycles. The molecule has 4 rings (SSSR count). The van der Waals surface area contributed by atoms with E-state index in [1.165, 1.54) is 12.1 Å². The summed E-state index contributed by atoms with van der Waals surface area (Å²) in [4.78, 5) is 27.0. The number of pyridine rings is 1. The Labute approximate surface area is 171 Å². The van der Waals surface area contributed by atoms with E-state index in [-0.39, 0.29) is 11.3 Å². The summed E-state index contributed by atoms with van der Waals surface area (Å²) in [5.41, 5.74) is 2.35. The molecule has 0 fully saturated rings. The van der Waals surface area contributed by atoms with Crippen LogP contribution in [0.2, 0.25) is 0 Å². The molecule has 0 aliphatic carbocycles. The fourth-order valence-electron chi connectivity index (χ4n) is 3.21. The van der Waals surface area contributed by atoms with Crippen molar-refractivity contribution in [3.05, 3.63) is 93.4 Å². The molecule has 2 aromatic carbocycles. The molecule has 0 saturated heterocycles. The number of para-hydroxylation sites is 1. The molecule has 2 heterocycles. The Morgan fingerprint density at radius 1 is 1.10 bits per heavy atom. The Morgan fingerprint density at radius 2 is 1.90 bits per heavy atom. The van der Waals surface area contributed by atoms with E-state index in [0.717, 1.165) is 5.56 Å². The van der Waals surface area contributed by atoms with Gasteiger partial charge in [0.15, 0.2) is 0 Å². The summed E-state index contributed by atoms with van der Waals surface area (Å²) in [6.07, 6.45) is 3.29. The van der Waals surface area contributed by atoms with Gasteiger partial charge < -0.3 is 9.52 Å². The van der Waals surface area contributed by atoms with E-state index in [1.807, 2.05) is 0 Å². The number of carbonyl (C=O) groups is 1. The van der Waals surface area contributed by atoms with Crippen molar-refractivity contribution in [1.29, 1.82) is 0 Å². The van der Waals surface area contributed by atoms with Crippen LogP contribution in [-0.4, -0.2) is 21.0 Å². The summed E-state index contributed by atoms with van der Waals surface area (Å²) in [6, 6.07) is 16.8. The number of carboxylic acids is 1. The van der Waals surface area contributed by atoms with Crippen molar-refractivity contribution in [3.8, 4) is 11.3 Å². The van der Waals surface area contributed by atoms with Gasteiger partial charge in [-0.15, -0.1) is 0 Å². The van der Waals surface area contributed by atoms with Gasteiger partial charge in [-0.05, 0) is 55.0 Å². The quantitative estimate of drug-likeness (QED) is 0.346. The summed E-state index contributed by atoms with van der Waals surface area (Å²) in [5.74, 6) is -0.194. The van der Waals surface area contributed by atoms with Crippen molar-refractivity contribution in [2.45, 2.75) is 6.92 Å². The molecular formula is C23H16N2O5. The number of hydrogen-bond acceptors (Lipinski definition) is 5. The second-order valence-corrected chi connectivity index (χ2v) is 6.73. The van der Waals surface area contributed by atoms with Crippen LogP contribution < -0.4 is 0 Å². The average Bonchev–Trinajstić information content (AvgIpc) is 3.20. The van der Waals surface area contributed by atoms with E-state index in [9.17, 15) is 20.0 Å². The van der Waals surface area contributed by atoms with Crippen LogP contribution in [0.3, 0.4) is 0 Å². The SMILES string of the molecule is Cc1ccc(-c2ccc(C=Cc3cc(C(=O)O)c4ccccc4n3)o2)c([N+](=O)[O-])c1. The van der Waals surface area contributed by atoms with Gasteiger partial charge in [0.1, 0.15) is 11.5 Å². The number of hydrogen-bond donors (Lipinski definition) is 1. The number of nitrogens with zero attached hydrogens (tertiary/aromatic N) is 2. The highest BCUT2D eigenvalue weighted by atomic mass is 16.6. The molecule has 0 atom stereocenters. The Hall–Kier alpha value is -4.26. The van der Waals surface area contributed by atoms with Gasteiger partial charge in [-0.3, -0.25) is 10.1 Å². The number of furan rings is 1. The number of nitro benzene ring substituents is 1. The first-order chi connectivity index (χ1) is 14.4. The number of fused-ring (bicyclic) bond motifs is 1. The van der Waals surface area contributed by atoms with Gasteiger partial charge in [0.05, 0.1) is 27.3 Å². The number of carboxylic acid groups (broad SMARTS) is 1. The van der Waals surface area contributed by atoms with E-state index in [4.69, 9.17) is 4.42 Å². The van der Waals surface area contributed by atoms with E-state index in [1.54, 1.807) is 67.6 Å². The molecule has 0 bridgehead atoms. The normalized spacial score (nSPS) is 11.2. The van der Waals surface area contributed by atoms with Gasteiger partial charge >= 0.3 is 5.97 Å². The molecule has 0 radical (unpaired) electrons. The minimum absolute atomic E-state index is 0.0258. The van der Waals surface area contributed by atoms with Crippen molar-refractivity contribution in [2.75, 3.05) is 0 Å². The smallest absolute Gasteiger partial charge is 0.336 e. The number of nitro groups is 1. The zero-order chi connectivity index (χ0) is 21.3. The first kappa shape index (κ1) is 19.1. The predicted octanol–water partition coefficient (Wildman–Crippen LogP) is 5.58. The molecular weight excluding hydrogens is 384 g/mol.